The van der Waals surface area contributed by atoms with Crippen LogP contribution >= 0.6 is 0 Å². The zero-order valence-corrected chi connectivity index (χ0v) is 12.9. The Morgan fingerprint density at radius 3 is 2.43 bits per heavy atom. The summed E-state index contributed by atoms with van der Waals surface area (Å²) in [5.74, 6) is -0.352. The van der Waals surface area contributed by atoms with Crippen molar-refractivity contribution >= 4 is 17.5 Å². The Hall–Kier alpha value is -2.08. The molecule has 0 bridgehead atoms. The molecule has 0 aromatic heterocycles. The van der Waals surface area contributed by atoms with Crippen LogP contribution in [0, 0.1) is 5.41 Å². The van der Waals surface area contributed by atoms with Gasteiger partial charge in [-0.15, -0.1) is 0 Å². The third-order valence-corrected chi connectivity index (χ3v) is 3.28. The Kier molecular flexibility index (Phi) is 5.32. The van der Waals surface area contributed by atoms with Gasteiger partial charge in [-0.2, -0.15) is 0 Å². The van der Waals surface area contributed by atoms with E-state index in [1.54, 1.807) is 6.07 Å². The van der Waals surface area contributed by atoms with E-state index in [1.165, 1.54) is 19.2 Å². The minimum Gasteiger partial charge on any atom is -0.495 e. The summed E-state index contributed by atoms with van der Waals surface area (Å²) in [7, 11) is 1.48. The number of rotatable bonds is 5. The Morgan fingerprint density at radius 1 is 1.33 bits per heavy atom. The summed E-state index contributed by atoms with van der Waals surface area (Å²) >= 11 is 0. The fourth-order valence-corrected chi connectivity index (χ4v) is 1.67. The highest BCUT2D eigenvalue weighted by Crippen LogP contribution is 2.26. The summed E-state index contributed by atoms with van der Waals surface area (Å²) in [5.41, 5.74) is 11.7. The van der Waals surface area contributed by atoms with Crippen molar-refractivity contribution in [2.45, 2.75) is 33.2 Å². The lowest BCUT2D eigenvalue weighted by Crippen LogP contribution is -2.38. The summed E-state index contributed by atoms with van der Waals surface area (Å²) in [5, 5.41) is 2.71. The average molecular weight is 293 g/mol. The maximum atomic E-state index is 12.1. The van der Waals surface area contributed by atoms with Gasteiger partial charge in [0.15, 0.2) is 0 Å². The number of hydrogen-bond acceptors (Lipinski definition) is 4. The number of benzene rings is 1. The SMILES string of the molecule is COc1ccc(C(N)=O)cc1NC(=O)CC(N)C(C)(C)C. The number of amides is 2. The second-order valence-electron chi connectivity index (χ2n) is 6.00. The molecule has 5 N–H and O–H groups in total. The Balaban J connectivity index is 2.88. The second-order valence-corrected chi connectivity index (χ2v) is 6.00. The van der Waals surface area contributed by atoms with Crippen molar-refractivity contribution in [1.29, 1.82) is 0 Å². The summed E-state index contributed by atoms with van der Waals surface area (Å²) in [6.45, 7) is 5.91. The molecule has 0 heterocycles. The lowest BCUT2D eigenvalue weighted by atomic mass is 9.85. The zero-order valence-electron chi connectivity index (χ0n) is 12.9. The van der Waals surface area contributed by atoms with E-state index in [9.17, 15) is 9.59 Å². The standard InChI is InChI=1S/C15H23N3O3/c1-15(2,3)12(16)8-13(19)18-10-7-9(14(17)20)5-6-11(10)21-4/h5-7,12H,8,16H2,1-4H3,(H2,17,20)(H,18,19). The van der Waals surface area contributed by atoms with Crippen molar-refractivity contribution in [1.82, 2.24) is 0 Å². The van der Waals surface area contributed by atoms with Crippen molar-refractivity contribution in [2.75, 3.05) is 12.4 Å². The van der Waals surface area contributed by atoms with Gasteiger partial charge >= 0.3 is 0 Å². The minimum atomic E-state index is -0.570. The van der Waals surface area contributed by atoms with E-state index in [0.29, 0.717) is 17.0 Å². The Morgan fingerprint density at radius 2 is 1.95 bits per heavy atom. The number of methoxy groups -OCH3 is 1. The highest BCUT2D eigenvalue weighted by molar-refractivity contribution is 5.97. The molecule has 0 spiro atoms. The van der Waals surface area contributed by atoms with Crippen molar-refractivity contribution < 1.29 is 14.3 Å². The molecule has 2 amide bonds. The molecule has 0 aliphatic heterocycles. The molecule has 1 rings (SSSR count). The largest absolute Gasteiger partial charge is 0.495 e. The van der Waals surface area contributed by atoms with Crippen molar-refractivity contribution in [2.24, 2.45) is 16.9 Å². The smallest absolute Gasteiger partial charge is 0.248 e. The molecule has 0 radical (unpaired) electrons. The molecule has 116 valence electrons. The first kappa shape index (κ1) is 17.0. The summed E-state index contributed by atoms with van der Waals surface area (Å²) < 4.78 is 5.16. The number of carbonyl (C=O) groups excluding carboxylic acids is 2. The second kappa shape index (κ2) is 6.58. The molecule has 0 saturated carbocycles. The third-order valence-electron chi connectivity index (χ3n) is 3.28. The van der Waals surface area contributed by atoms with Gasteiger partial charge in [0.2, 0.25) is 11.8 Å². The molecular formula is C15H23N3O3. The van der Waals surface area contributed by atoms with Crippen LogP contribution in [0.15, 0.2) is 18.2 Å². The highest BCUT2D eigenvalue weighted by Gasteiger charge is 2.23. The van der Waals surface area contributed by atoms with Gasteiger partial charge in [-0.05, 0) is 23.6 Å². The van der Waals surface area contributed by atoms with Crippen molar-refractivity contribution in [3.63, 3.8) is 0 Å². The average Bonchev–Trinajstić information content (AvgIpc) is 2.37. The molecule has 6 heteroatoms. The summed E-state index contributed by atoms with van der Waals surface area (Å²) in [6.07, 6.45) is 0.174. The first-order valence-corrected chi connectivity index (χ1v) is 6.68. The van der Waals surface area contributed by atoms with E-state index in [4.69, 9.17) is 16.2 Å². The molecule has 1 atom stereocenters. The maximum absolute atomic E-state index is 12.1. The number of anilines is 1. The van der Waals surface area contributed by atoms with Crippen molar-refractivity contribution in [3.8, 4) is 5.75 Å². The monoisotopic (exact) mass is 293 g/mol. The van der Waals surface area contributed by atoms with Crippen LogP contribution in [0.3, 0.4) is 0 Å². The Labute approximate surface area is 124 Å². The van der Waals surface area contributed by atoms with Crippen LogP contribution in [0.5, 0.6) is 5.75 Å². The van der Waals surface area contributed by atoms with Crippen LogP contribution in [0.2, 0.25) is 0 Å². The molecule has 0 aliphatic rings. The molecular weight excluding hydrogens is 270 g/mol. The van der Waals surface area contributed by atoms with E-state index in [0.717, 1.165) is 0 Å². The molecule has 21 heavy (non-hydrogen) atoms. The van der Waals surface area contributed by atoms with Gasteiger partial charge in [0.05, 0.1) is 12.8 Å². The minimum absolute atomic E-state index is 0.170. The van der Waals surface area contributed by atoms with E-state index in [2.05, 4.69) is 5.32 Å². The number of primary amides is 1. The number of ether oxygens (including phenoxy) is 1. The van der Waals surface area contributed by atoms with Crippen molar-refractivity contribution in [3.05, 3.63) is 23.8 Å². The summed E-state index contributed by atoms with van der Waals surface area (Å²) in [4.78, 5) is 23.3. The third kappa shape index (κ3) is 4.75. The number of nitrogens with one attached hydrogen (secondary N) is 1. The molecule has 0 aliphatic carbocycles. The first-order valence-electron chi connectivity index (χ1n) is 6.68. The summed E-state index contributed by atoms with van der Waals surface area (Å²) in [6, 6.07) is 4.33. The van der Waals surface area contributed by atoms with Gasteiger partial charge in [-0.25, -0.2) is 0 Å². The fraction of sp³-hybridized carbons (Fsp3) is 0.467. The molecule has 1 unspecified atom stereocenters. The quantitative estimate of drug-likeness (QED) is 0.764. The number of hydrogen-bond donors (Lipinski definition) is 3. The fourth-order valence-electron chi connectivity index (χ4n) is 1.67. The van der Waals surface area contributed by atoms with E-state index >= 15 is 0 Å². The van der Waals surface area contributed by atoms with Gasteiger partial charge in [0.1, 0.15) is 5.75 Å². The topological polar surface area (TPSA) is 107 Å². The normalized spacial score (nSPS) is 12.6. The predicted octanol–water partition coefficient (Wildman–Crippen LogP) is 1.50. The van der Waals surface area contributed by atoms with E-state index in [-0.39, 0.29) is 23.8 Å². The van der Waals surface area contributed by atoms with Gasteiger partial charge in [0.25, 0.3) is 0 Å². The molecule has 1 aromatic carbocycles. The molecule has 0 saturated heterocycles. The first-order chi connectivity index (χ1) is 9.65. The van der Waals surface area contributed by atoms with E-state index in [1.807, 2.05) is 20.8 Å². The van der Waals surface area contributed by atoms with Gasteiger partial charge in [0, 0.05) is 18.0 Å². The molecule has 0 fully saturated rings. The predicted molar refractivity (Wildman–Crippen MR) is 82.2 cm³/mol. The van der Waals surface area contributed by atoms with Gasteiger partial charge in [-0.1, -0.05) is 20.8 Å². The lowest BCUT2D eigenvalue weighted by molar-refractivity contribution is -0.117. The van der Waals surface area contributed by atoms with Crippen LogP contribution in [-0.4, -0.2) is 25.0 Å². The van der Waals surface area contributed by atoms with Crippen LogP contribution in [-0.2, 0) is 4.79 Å². The van der Waals surface area contributed by atoms with Crippen LogP contribution in [0.1, 0.15) is 37.6 Å². The van der Waals surface area contributed by atoms with Crippen LogP contribution in [0.4, 0.5) is 5.69 Å². The zero-order chi connectivity index (χ0) is 16.2. The molecule has 1 aromatic rings. The Bertz CT molecular complexity index is 535. The van der Waals surface area contributed by atoms with Gasteiger partial charge in [-0.3, -0.25) is 9.59 Å². The maximum Gasteiger partial charge on any atom is 0.248 e. The van der Waals surface area contributed by atoms with Crippen LogP contribution in [0.25, 0.3) is 0 Å². The lowest BCUT2D eigenvalue weighted by Gasteiger charge is -2.26. The van der Waals surface area contributed by atoms with Crippen LogP contribution < -0.4 is 21.5 Å². The molecule has 6 nitrogen and oxygen atoms in total. The number of carbonyl (C=O) groups is 2. The van der Waals surface area contributed by atoms with Gasteiger partial charge < -0.3 is 21.5 Å². The van der Waals surface area contributed by atoms with E-state index < -0.39 is 5.91 Å². The highest BCUT2D eigenvalue weighted by atomic mass is 16.5. The number of nitrogens with two attached hydrogens (primary N) is 2.